The summed E-state index contributed by atoms with van der Waals surface area (Å²) in [6.07, 6.45) is 2.71. The van der Waals surface area contributed by atoms with E-state index in [0.717, 1.165) is 35.0 Å². The topological polar surface area (TPSA) is 50.7 Å². The third kappa shape index (κ3) is 6.02. The van der Waals surface area contributed by atoms with Gasteiger partial charge in [0.2, 0.25) is 0 Å². The second-order valence-corrected chi connectivity index (χ2v) is 6.47. The van der Waals surface area contributed by atoms with Crippen LogP contribution in [0.3, 0.4) is 0 Å². The highest BCUT2D eigenvalue weighted by Crippen LogP contribution is 2.26. The molecular weight excluding hydrogens is 380 g/mol. The molecule has 5 heteroatoms. The molecule has 0 aliphatic rings. The summed E-state index contributed by atoms with van der Waals surface area (Å²) >= 11 is 3.47. The molecule has 2 aromatic carbocycles. The Morgan fingerprint density at radius 3 is 2.56 bits per heavy atom. The molecule has 2 rings (SSSR count). The summed E-state index contributed by atoms with van der Waals surface area (Å²) in [5.41, 5.74) is 5.68. The Labute approximate surface area is 157 Å². The average molecular weight is 403 g/mol. The molecule has 1 N–H and O–H groups in total. The molecule has 0 aliphatic heterocycles. The normalized spacial score (nSPS) is 11.2. The van der Waals surface area contributed by atoms with Crippen molar-refractivity contribution in [2.75, 3.05) is 6.61 Å². The smallest absolute Gasteiger partial charge is 0.277 e. The fourth-order valence-corrected chi connectivity index (χ4v) is 2.86. The minimum Gasteiger partial charge on any atom is -0.483 e. The summed E-state index contributed by atoms with van der Waals surface area (Å²) in [4.78, 5) is 12.0. The van der Waals surface area contributed by atoms with Gasteiger partial charge >= 0.3 is 0 Å². The van der Waals surface area contributed by atoms with Crippen LogP contribution < -0.4 is 10.2 Å². The number of ether oxygens (including phenoxy) is 1. The zero-order chi connectivity index (χ0) is 18.1. The molecule has 0 aromatic heterocycles. The number of nitrogens with zero attached hydrogens (tertiary/aromatic N) is 1. The summed E-state index contributed by atoms with van der Waals surface area (Å²) in [6.45, 7) is 4.09. The van der Waals surface area contributed by atoms with Gasteiger partial charge in [0.15, 0.2) is 6.61 Å². The van der Waals surface area contributed by atoms with Gasteiger partial charge in [-0.2, -0.15) is 5.10 Å². The van der Waals surface area contributed by atoms with Crippen molar-refractivity contribution >= 4 is 27.5 Å². The number of carbonyl (C=O) groups excluding carboxylic acids is 1. The number of amides is 1. The molecule has 0 spiro atoms. The van der Waals surface area contributed by atoms with Crippen molar-refractivity contribution in [1.29, 1.82) is 0 Å². The highest BCUT2D eigenvalue weighted by Gasteiger charge is 2.07. The van der Waals surface area contributed by atoms with E-state index < -0.39 is 0 Å². The van der Waals surface area contributed by atoms with Crippen LogP contribution in [0, 0.1) is 0 Å². The van der Waals surface area contributed by atoms with Crippen molar-refractivity contribution in [3.05, 3.63) is 64.1 Å². The molecular formula is C20H23BrN2O2. The molecule has 1 amide bonds. The fourth-order valence-electron chi connectivity index (χ4n) is 2.32. The quantitative estimate of drug-likeness (QED) is 0.513. The maximum absolute atomic E-state index is 12.0. The van der Waals surface area contributed by atoms with Crippen molar-refractivity contribution < 1.29 is 9.53 Å². The minimum absolute atomic E-state index is 0.0816. The van der Waals surface area contributed by atoms with Crippen molar-refractivity contribution in [2.24, 2.45) is 5.10 Å². The lowest BCUT2D eigenvalue weighted by atomic mass is 10.1. The highest BCUT2D eigenvalue weighted by atomic mass is 79.9. The van der Waals surface area contributed by atoms with Crippen LogP contribution in [0.2, 0.25) is 0 Å². The largest absolute Gasteiger partial charge is 0.483 e. The summed E-state index contributed by atoms with van der Waals surface area (Å²) < 4.78 is 6.41. The molecule has 132 valence electrons. The van der Waals surface area contributed by atoms with Gasteiger partial charge in [0.05, 0.1) is 10.2 Å². The molecule has 0 radical (unpaired) electrons. The number of hydrazone groups is 1. The van der Waals surface area contributed by atoms with E-state index >= 15 is 0 Å². The predicted molar refractivity (Wildman–Crippen MR) is 105 cm³/mol. The van der Waals surface area contributed by atoms with Crippen LogP contribution in [0.5, 0.6) is 5.75 Å². The van der Waals surface area contributed by atoms with Crippen LogP contribution in [-0.2, 0) is 11.2 Å². The molecule has 0 saturated carbocycles. The van der Waals surface area contributed by atoms with E-state index in [0.29, 0.717) is 5.75 Å². The van der Waals surface area contributed by atoms with Gasteiger partial charge in [-0.3, -0.25) is 4.79 Å². The number of rotatable bonds is 8. The monoisotopic (exact) mass is 402 g/mol. The Morgan fingerprint density at radius 1 is 1.16 bits per heavy atom. The first-order valence-corrected chi connectivity index (χ1v) is 9.25. The van der Waals surface area contributed by atoms with Crippen LogP contribution in [0.15, 0.2) is 58.1 Å². The van der Waals surface area contributed by atoms with E-state index in [9.17, 15) is 4.79 Å². The zero-order valence-electron chi connectivity index (χ0n) is 14.6. The Morgan fingerprint density at radius 2 is 1.92 bits per heavy atom. The number of carbonyl (C=O) groups is 1. The third-order valence-electron chi connectivity index (χ3n) is 3.67. The number of hydrogen-bond donors (Lipinski definition) is 1. The predicted octanol–water partition coefficient (Wildman–Crippen LogP) is 4.71. The molecule has 0 atom stereocenters. The van der Waals surface area contributed by atoms with E-state index in [4.69, 9.17) is 4.74 Å². The number of aryl methyl sites for hydroxylation is 1. The third-order valence-corrected chi connectivity index (χ3v) is 4.29. The van der Waals surface area contributed by atoms with Gasteiger partial charge in [-0.15, -0.1) is 0 Å². The van der Waals surface area contributed by atoms with Crippen LogP contribution in [0.4, 0.5) is 0 Å². The Bertz CT molecular complexity index is 730. The first kappa shape index (κ1) is 19.2. The minimum atomic E-state index is -0.281. The number of hydrogen-bond acceptors (Lipinski definition) is 3. The molecule has 0 fully saturated rings. The standard InChI is InChI=1S/C20H23BrN2O2/c1-3-8-18(16-9-6-5-7-10-16)22-23-20(24)14-25-19-12-11-15(4-2)13-17(19)21/h5-7,9-13H,3-4,8,14H2,1-2H3,(H,23,24)/b22-18+. The van der Waals surface area contributed by atoms with Crippen molar-refractivity contribution in [1.82, 2.24) is 5.43 Å². The maximum atomic E-state index is 12.0. The second kappa shape index (κ2) is 9.99. The lowest BCUT2D eigenvalue weighted by Gasteiger charge is -2.09. The van der Waals surface area contributed by atoms with Crippen LogP contribution in [-0.4, -0.2) is 18.2 Å². The molecule has 2 aromatic rings. The lowest BCUT2D eigenvalue weighted by Crippen LogP contribution is -2.26. The van der Waals surface area contributed by atoms with E-state index in [1.807, 2.05) is 48.5 Å². The lowest BCUT2D eigenvalue weighted by molar-refractivity contribution is -0.123. The van der Waals surface area contributed by atoms with Crippen LogP contribution >= 0.6 is 15.9 Å². The van der Waals surface area contributed by atoms with Crippen LogP contribution in [0.25, 0.3) is 0 Å². The summed E-state index contributed by atoms with van der Waals surface area (Å²) in [7, 11) is 0. The first-order chi connectivity index (χ1) is 12.1. The van der Waals surface area contributed by atoms with Gasteiger partial charge in [-0.1, -0.05) is 56.7 Å². The van der Waals surface area contributed by atoms with E-state index in [1.54, 1.807) is 0 Å². The van der Waals surface area contributed by atoms with Crippen molar-refractivity contribution in [3.63, 3.8) is 0 Å². The Balaban J connectivity index is 1.94. The molecule has 0 heterocycles. The van der Waals surface area contributed by atoms with Gasteiger partial charge in [-0.05, 0) is 52.0 Å². The van der Waals surface area contributed by atoms with Gasteiger partial charge < -0.3 is 4.74 Å². The number of nitrogens with one attached hydrogen (secondary N) is 1. The SMILES string of the molecule is CCC/C(=N\NC(=O)COc1ccc(CC)cc1Br)c1ccccc1. The van der Waals surface area contributed by atoms with Crippen LogP contribution in [0.1, 0.15) is 37.8 Å². The van der Waals surface area contributed by atoms with E-state index in [2.05, 4.69) is 40.3 Å². The molecule has 0 saturated heterocycles. The van der Waals surface area contributed by atoms with Gasteiger partial charge in [0.25, 0.3) is 5.91 Å². The van der Waals surface area contributed by atoms with Gasteiger partial charge in [-0.25, -0.2) is 5.43 Å². The van der Waals surface area contributed by atoms with Gasteiger partial charge in [0.1, 0.15) is 5.75 Å². The molecule has 0 aliphatic carbocycles. The molecule has 25 heavy (non-hydrogen) atoms. The molecule has 4 nitrogen and oxygen atoms in total. The summed E-state index contributed by atoms with van der Waals surface area (Å²) in [5, 5.41) is 4.27. The Kier molecular flexibility index (Phi) is 7.67. The summed E-state index contributed by atoms with van der Waals surface area (Å²) in [5.74, 6) is 0.365. The average Bonchev–Trinajstić information content (AvgIpc) is 2.64. The van der Waals surface area contributed by atoms with E-state index in [-0.39, 0.29) is 12.5 Å². The number of halogens is 1. The second-order valence-electron chi connectivity index (χ2n) is 5.62. The number of benzene rings is 2. The Hall–Kier alpha value is -2.14. The van der Waals surface area contributed by atoms with Crippen molar-refractivity contribution in [2.45, 2.75) is 33.1 Å². The summed E-state index contributed by atoms with van der Waals surface area (Å²) in [6, 6.07) is 15.7. The molecule has 0 bridgehead atoms. The first-order valence-electron chi connectivity index (χ1n) is 8.46. The van der Waals surface area contributed by atoms with Gasteiger partial charge in [0, 0.05) is 0 Å². The van der Waals surface area contributed by atoms with E-state index in [1.165, 1.54) is 5.56 Å². The van der Waals surface area contributed by atoms with Crippen molar-refractivity contribution in [3.8, 4) is 5.75 Å². The molecule has 0 unspecified atom stereocenters. The fraction of sp³-hybridized carbons (Fsp3) is 0.300. The highest BCUT2D eigenvalue weighted by molar-refractivity contribution is 9.10. The maximum Gasteiger partial charge on any atom is 0.277 e. The zero-order valence-corrected chi connectivity index (χ0v) is 16.2.